The maximum atomic E-state index is 13.4. The number of carbonyl (C=O) groups is 2. The van der Waals surface area contributed by atoms with Gasteiger partial charge in [-0.2, -0.15) is 0 Å². The molecule has 1 aromatic rings. The van der Waals surface area contributed by atoms with Gasteiger partial charge in [0, 0.05) is 5.56 Å². The molecule has 7 heteroatoms. The molecule has 0 aliphatic carbocycles. The molecule has 0 fully saturated rings. The Morgan fingerprint density at radius 2 is 2.31 bits per heavy atom. The number of hydrogen-bond donors (Lipinski definition) is 1. The minimum Gasteiger partial charge on any atom is -0.465 e. The summed E-state index contributed by atoms with van der Waals surface area (Å²) in [6.07, 6.45) is -0.569. The van der Waals surface area contributed by atoms with Gasteiger partial charge < -0.3 is 5.11 Å². The Labute approximate surface area is 94.5 Å². The standard InChI is InChI=1S/C9H6ClFN2O3/c1-3-5-4(11)2-12-7(10)6(5)8(14)13(3)9(15)16/h2-3H,1H3,(H,15,16). The number of fused-ring (bicyclic) bond motifs is 1. The van der Waals surface area contributed by atoms with Crippen molar-refractivity contribution in [2.24, 2.45) is 0 Å². The molecule has 5 nitrogen and oxygen atoms in total. The average Bonchev–Trinajstić information content (AvgIpc) is 2.46. The summed E-state index contributed by atoms with van der Waals surface area (Å²) >= 11 is 5.65. The lowest BCUT2D eigenvalue weighted by Crippen LogP contribution is -2.32. The maximum Gasteiger partial charge on any atom is 0.414 e. The van der Waals surface area contributed by atoms with Crippen LogP contribution in [0.1, 0.15) is 28.9 Å². The Bertz CT molecular complexity index is 506. The van der Waals surface area contributed by atoms with Crippen molar-refractivity contribution in [1.82, 2.24) is 9.88 Å². The third-order valence-electron chi connectivity index (χ3n) is 2.47. The van der Waals surface area contributed by atoms with Gasteiger partial charge in [0.05, 0.1) is 17.8 Å². The van der Waals surface area contributed by atoms with Gasteiger partial charge in [0.15, 0.2) is 0 Å². The zero-order chi connectivity index (χ0) is 12.0. The van der Waals surface area contributed by atoms with Crippen LogP contribution in [0.15, 0.2) is 6.20 Å². The highest BCUT2D eigenvalue weighted by atomic mass is 35.5. The average molecular weight is 245 g/mol. The summed E-state index contributed by atoms with van der Waals surface area (Å²) in [5.74, 6) is -1.57. The van der Waals surface area contributed by atoms with Crippen LogP contribution in [0.25, 0.3) is 0 Å². The molecule has 1 aliphatic rings. The Morgan fingerprint density at radius 1 is 1.69 bits per heavy atom. The van der Waals surface area contributed by atoms with Gasteiger partial charge in [0.2, 0.25) is 0 Å². The van der Waals surface area contributed by atoms with E-state index in [4.69, 9.17) is 16.7 Å². The molecule has 2 heterocycles. The molecule has 1 unspecified atom stereocenters. The molecule has 0 saturated carbocycles. The first-order chi connectivity index (χ1) is 7.45. The second kappa shape index (κ2) is 3.41. The minimum atomic E-state index is -1.44. The summed E-state index contributed by atoms with van der Waals surface area (Å²) in [6.45, 7) is 1.41. The van der Waals surface area contributed by atoms with Gasteiger partial charge in [-0.05, 0) is 6.92 Å². The predicted octanol–water partition coefficient (Wildman–Crippen LogP) is 2.07. The normalized spacial score (nSPS) is 18.8. The number of halogens is 2. The monoisotopic (exact) mass is 244 g/mol. The van der Waals surface area contributed by atoms with Crippen LogP contribution in [-0.4, -0.2) is 27.0 Å². The fraction of sp³-hybridized carbons (Fsp3) is 0.222. The van der Waals surface area contributed by atoms with Crippen LogP contribution in [0.3, 0.4) is 0 Å². The Balaban J connectivity index is 2.68. The van der Waals surface area contributed by atoms with E-state index >= 15 is 0 Å². The number of pyridine rings is 1. The van der Waals surface area contributed by atoms with Crippen molar-refractivity contribution >= 4 is 23.6 Å². The lowest BCUT2D eigenvalue weighted by atomic mass is 10.1. The molecule has 0 aromatic carbocycles. The van der Waals surface area contributed by atoms with Crippen LogP contribution >= 0.6 is 11.6 Å². The fourth-order valence-corrected chi connectivity index (χ4v) is 2.00. The summed E-state index contributed by atoms with van der Waals surface area (Å²) in [7, 11) is 0. The molecule has 0 bridgehead atoms. The summed E-state index contributed by atoms with van der Waals surface area (Å²) in [6, 6.07) is -0.888. The van der Waals surface area contributed by atoms with Gasteiger partial charge in [-0.15, -0.1) is 0 Å². The molecular formula is C9H6ClFN2O3. The highest BCUT2D eigenvalue weighted by molar-refractivity contribution is 6.33. The van der Waals surface area contributed by atoms with Crippen molar-refractivity contribution in [2.75, 3.05) is 0 Å². The second-order valence-corrected chi connectivity index (χ2v) is 3.68. The SMILES string of the molecule is CC1c2c(F)cnc(Cl)c2C(=O)N1C(=O)O. The van der Waals surface area contributed by atoms with E-state index in [1.165, 1.54) is 6.92 Å². The topological polar surface area (TPSA) is 70.5 Å². The van der Waals surface area contributed by atoms with Crippen molar-refractivity contribution in [2.45, 2.75) is 13.0 Å². The van der Waals surface area contributed by atoms with Crippen LogP contribution < -0.4 is 0 Å². The van der Waals surface area contributed by atoms with E-state index in [9.17, 15) is 14.0 Å². The van der Waals surface area contributed by atoms with Crippen molar-refractivity contribution in [3.63, 3.8) is 0 Å². The lowest BCUT2D eigenvalue weighted by Gasteiger charge is -2.15. The first-order valence-corrected chi connectivity index (χ1v) is 4.73. The van der Waals surface area contributed by atoms with Gasteiger partial charge in [-0.25, -0.2) is 19.1 Å². The van der Waals surface area contributed by atoms with Crippen molar-refractivity contribution in [3.05, 3.63) is 28.3 Å². The Hall–Kier alpha value is -1.69. The zero-order valence-corrected chi connectivity index (χ0v) is 8.82. The largest absolute Gasteiger partial charge is 0.465 e. The number of rotatable bonds is 0. The van der Waals surface area contributed by atoms with E-state index < -0.39 is 23.9 Å². The van der Waals surface area contributed by atoms with Gasteiger partial charge >= 0.3 is 6.09 Å². The lowest BCUT2D eigenvalue weighted by molar-refractivity contribution is 0.0722. The van der Waals surface area contributed by atoms with E-state index in [0.717, 1.165) is 6.20 Å². The van der Waals surface area contributed by atoms with Crippen molar-refractivity contribution < 1.29 is 19.1 Å². The zero-order valence-electron chi connectivity index (χ0n) is 8.07. The minimum absolute atomic E-state index is 0.0209. The first-order valence-electron chi connectivity index (χ1n) is 4.35. The van der Waals surface area contributed by atoms with Gasteiger partial charge in [-0.3, -0.25) is 4.79 Å². The highest BCUT2D eigenvalue weighted by Gasteiger charge is 2.42. The summed E-state index contributed by atoms with van der Waals surface area (Å²) in [4.78, 5) is 26.5. The van der Waals surface area contributed by atoms with Crippen molar-refractivity contribution in [1.29, 1.82) is 0 Å². The molecular weight excluding hydrogens is 239 g/mol. The number of amides is 2. The molecule has 84 valence electrons. The van der Waals surface area contributed by atoms with Crippen LogP contribution in [0.2, 0.25) is 5.15 Å². The van der Waals surface area contributed by atoms with Crippen LogP contribution in [0.4, 0.5) is 9.18 Å². The third kappa shape index (κ3) is 1.26. The molecule has 2 amide bonds. The highest BCUT2D eigenvalue weighted by Crippen LogP contribution is 2.37. The number of imide groups is 1. The fourth-order valence-electron chi connectivity index (χ4n) is 1.77. The number of hydrogen-bond acceptors (Lipinski definition) is 3. The van der Waals surface area contributed by atoms with Gasteiger partial charge in [0.25, 0.3) is 5.91 Å². The third-order valence-corrected chi connectivity index (χ3v) is 2.75. The van der Waals surface area contributed by atoms with Gasteiger partial charge in [0.1, 0.15) is 11.0 Å². The molecule has 0 saturated heterocycles. The van der Waals surface area contributed by atoms with E-state index in [1.807, 2.05) is 0 Å². The predicted molar refractivity (Wildman–Crippen MR) is 51.8 cm³/mol. The first kappa shape index (κ1) is 10.8. The van der Waals surface area contributed by atoms with E-state index in [1.54, 1.807) is 0 Å². The molecule has 1 atom stereocenters. The van der Waals surface area contributed by atoms with Gasteiger partial charge in [-0.1, -0.05) is 11.6 Å². The maximum absolute atomic E-state index is 13.4. The smallest absolute Gasteiger partial charge is 0.414 e. The van der Waals surface area contributed by atoms with Crippen molar-refractivity contribution in [3.8, 4) is 0 Å². The number of carboxylic acid groups (broad SMARTS) is 1. The molecule has 0 radical (unpaired) electrons. The summed E-state index contributed by atoms with van der Waals surface area (Å²) in [5.41, 5.74) is -0.191. The van der Waals surface area contributed by atoms with Crippen LogP contribution in [-0.2, 0) is 0 Å². The molecule has 0 spiro atoms. The summed E-state index contributed by atoms with van der Waals surface area (Å²) < 4.78 is 13.4. The number of carbonyl (C=O) groups excluding carboxylic acids is 1. The van der Waals surface area contributed by atoms with E-state index in [0.29, 0.717) is 4.90 Å². The van der Waals surface area contributed by atoms with E-state index in [2.05, 4.69) is 4.98 Å². The Morgan fingerprint density at radius 3 is 2.81 bits per heavy atom. The van der Waals surface area contributed by atoms with Crippen LogP contribution in [0, 0.1) is 5.82 Å². The summed E-state index contributed by atoms with van der Waals surface area (Å²) in [5, 5.41) is 8.64. The molecule has 2 rings (SSSR count). The Kier molecular flexibility index (Phi) is 2.31. The van der Waals surface area contributed by atoms with E-state index in [-0.39, 0.29) is 16.3 Å². The molecule has 16 heavy (non-hydrogen) atoms. The number of nitrogens with zero attached hydrogens (tertiary/aromatic N) is 2. The molecule has 1 N–H and O–H groups in total. The number of aromatic nitrogens is 1. The van der Waals surface area contributed by atoms with Crippen LogP contribution in [0.5, 0.6) is 0 Å². The second-order valence-electron chi connectivity index (χ2n) is 3.32. The quantitative estimate of drug-likeness (QED) is 0.709. The molecule has 1 aliphatic heterocycles. The molecule has 1 aromatic heterocycles.